The highest BCUT2D eigenvalue weighted by atomic mass is 35.5. The van der Waals surface area contributed by atoms with Crippen LogP contribution in [-0.2, 0) is 0 Å². The molecule has 0 atom stereocenters. The van der Waals surface area contributed by atoms with Crippen molar-refractivity contribution in [1.29, 1.82) is 0 Å². The maximum Gasteiger partial charge on any atom is 0.254 e. The third-order valence-electron chi connectivity index (χ3n) is 3.58. The van der Waals surface area contributed by atoms with Crippen LogP contribution in [-0.4, -0.2) is 4.57 Å². The number of para-hydroxylation sites is 1. The summed E-state index contributed by atoms with van der Waals surface area (Å²) in [5.74, 6) is 0. The van der Waals surface area contributed by atoms with Crippen molar-refractivity contribution in [3.63, 3.8) is 0 Å². The largest absolute Gasteiger partial charge is 1.00 e. The van der Waals surface area contributed by atoms with E-state index in [0.717, 1.165) is 0 Å². The molecular weight excluding hydrogens is 280 g/mol. The third kappa shape index (κ3) is 3.01. The summed E-state index contributed by atoms with van der Waals surface area (Å²) in [6, 6.07) is 14.8. The lowest BCUT2D eigenvalue weighted by Gasteiger charge is -2.07. The summed E-state index contributed by atoms with van der Waals surface area (Å²) in [6.07, 6.45) is 6.33. The van der Waals surface area contributed by atoms with Crippen LogP contribution in [0.3, 0.4) is 0 Å². The molecule has 3 aromatic rings. The maximum atomic E-state index is 2.23. The summed E-state index contributed by atoms with van der Waals surface area (Å²) < 4.78 is 4.33. The number of nitrogens with zero attached hydrogens (tertiary/aromatic N) is 2. The molecule has 1 heterocycles. The van der Waals surface area contributed by atoms with Crippen molar-refractivity contribution in [2.45, 2.75) is 20.8 Å². The molecule has 108 valence electrons. The lowest BCUT2D eigenvalue weighted by molar-refractivity contribution is -0.595. The van der Waals surface area contributed by atoms with Gasteiger partial charge in [0.25, 0.3) is 6.33 Å². The number of imidazole rings is 1. The molecule has 3 rings (SSSR count). The summed E-state index contributed by atoms with van der Waals surface area (Å²) in [4.78, 5) is 0. The van der Waals surface area contributed by atoms with Crippen LogP contribution in [0.4, 0.5) is 0 Å². The van der Waals surface area contributed by atoms with Gasteiger partial charge in [0.1, 0.15) is 23.8 Å². The highest BCUT2D eigenvalue weighted by Gasteiger charge is 2.13. The minimum atomic E-state index is 0. The zero-order chi connectivity index (χ0) is 14.1. The molecule has 1 aromatic heterocycles. The van der Waals surface area contributed by atoms with Crippen LogP contribution < -0.4 is 17.0 Å². The van der Waals surface area contributed by atoms with Gasteiger partial charge in [-0.15, -0.1) is 0 Å². The first kappa shape index (κ1) is 15.3. The number of rotatable bonds is 2. The van der Waals surface area contributed by atoms with Crippen LogP contribution in [0.25, 0.3) is 11.4 Å². The molecule has 0 radical (unpaired) electrons. The van der Waals surface area contributed by atoms with E-state index in [1.54, 1.807) is 0 Å². The first-order valence-corrected chi connectivity index (χ1v) is 6.88. The zero-order valence-corrected chi connectivity index (χ0v) is 13.3. The molecule has 0 spiro atoms. The summed E-state index contributed by atoms with van der Waals surface area (Å²) in [5, 5.41) is 0. The molecule has 0 aliphatic heterocycles. The fourth-order valence-corrected chi connectivity index (χ4v) is 2.82. The van der Waals surface area contributed by atoms with Gasteiger partial charge < -0.3 is 12.4 Å². The Kier molecular flexibility index (Phi) is 4.49. The van der Waals surface area contributed by atoms with Crippen molar-refractivity contribution in [2.75, 3.05) is 0 Å². The van der Waals surface area contributed by atoms with Gasteiger partial charge >= 0.3 is 0 Å². The molecule has 0 bridgehead atoms. The number of hydrogen-bond acceptors (Lipinski definition) is 0. The smallest absolute Gasteiger partial charge is 0.254 e. The Balaban J connectivity index is 0.00000161. The van der Waals surface area contributed by atoms with Crippen LogP contribution in [0.5, 0.6) is 0 Å². The zero-order valence-electron chi connectivity index (χ0n) is 12.5. The Bertz CT molecular complexity index is 722. The van der Waals surface area contributed by atoms with Gasteiger partial charge in [-0.2, -0.15) is 0 Å². The monoisotopic (exact) mass is 298 g/mol. The van der Waals surface area contributed by atoms with E-state index in [1.165, 1.54) is 28.1 Å². The average molecular weight is 299 g/mol. The van der Waals surface area contributed by atoms with Gasteiger partial charge in [0.15, 0.2) is 0 Å². The second-order valence-electron chi connectivity index (χ2n) is 5.31. The average Bonchev–Trinajstić information content (AvgIpc) is 2.88. The van der Waals surface area contributed by atoms with Gasteiger partial charge in [0, 0.05) is 0 Å². The van der Waals surface area contributed by atoms with Crippen molar-refractivity contribution in [3.05, 3.63) is 77.9 Å². The SMILES string of the molecule is Cc1cc(C)c(-[n+]2ccn(-c3ccccc3)c2)c(C)c1.[Cl-]. The van der Waals surface area contributed by atoms with Gasteiger partial charge in [-0.25, -0.2) is 9.13 Å². The van der Waals surface area contributed by atoms with Crippen LogP contribution in [0.15, 0.2) is 61.2 Å². The second-order valence-corrected chi connectivity index (χ2v) is 5.31. The minimum Gasteiger partial charge on any atom is -1.00 e. The molecule has 0 amide bonds. The van der Waals surface area contributed by atoms with Crippen molar-refractivity contribution >= 4 is 0 Å². The van der Waals surface area contributed by atoms with Crippen molar-refractivity contribution in [1.82, 2.24) is 4.57 Å². The number of halogens is 1. The second kappa shape index (κ2) is 6.15. The predicted molar refractivity (Wildman–Crippen MR) is 81.5 cm³/mol. The van der Waals surface area contributed by atoms with E-state index in [1.807, 2.05) is 6.07 Å². The molecule has 3 heteroatoms. The number of aromatic nitrogens is 2. The highest BCUT2D eigenvalue weighted by molar-refractivity contribution is 5.43. The van der Waals surface area contributed by atoms with Crippen molar-refractivity contribution in [2.24, 2.45) is 0 Å². The van der Waals surface area contributed by atoms with E-state index in [4.69, 9.17) is 0 Å². The molecule has 2 nitrogen and oxygen atoms in total. The quantitative estimate of drug-likeness (QED) is 0.616. The van der Waals surface area contributed by atoms with E-state index < -0.39 is 0 Å². The number of benzene rings is 2. The van der Waals surface area contributed by atoms with Crippen molar-refractivity contribution < 1.29 is 17.0 Å². The third-order valence-corrected chi connectivity index (χ3v) is 3.58. The summed E-state index contributed by atoms with van der Waals surface area (Å²) >= 11 is 0. The Morgan fingerprint density at radius 1 is 0.905 bits per heavy atom. The van der Waals surface area contributed by atoms with Gasteiger partial charge in [0.2, 0.25) is 0 Å². The van der Waals surface area contributed by atoms with E-state index in [-0.39, 0.29) is 12.4 Å². The fraction of sp³-hybridized carbons (Fsp3) is 0.167. The highest BCUT2D eigenvalue weighted by Crippen LogP contribution is 2.16. The van der Waals surface area contributed by atoms with Crippen molar-refractivity contribution in [3.8, 4) is 11.4 Å². The lowest BCUT2D eigenvalue weighted by atomic mass is 10.1. The molecule has 0 aliphatic rings. The molecule has 0 N–H and O–H groups in total. The Morgan fingerprint density at radius 3 is 2.14 bits per heavy atom. The summed E-state index contributed by atoms with van der Waals surface area (Å²) in [7, 11) is 0. The molecule has 0 aliphatic carbocycles. The van der Waals surface area contributed by atoms with Gasteiger partial charge in [0.05, 0.1) is 0 Å². The van der Waals surface area contributed by atoms with Crippen LogP contribution in [0.1, 0.15) is 16.7 Å². The first-order chi connectivity index (χ1) is 9.65. The summed E-state index contributed by atoms with van der Waals surface area (Å²) in [6.45, 7) is 6.48. The maximum absolute atomic E-state index is 2.23. The normalized spacial score (nSPS) is 10.2. The number of aryl methyl sites for hydroxylation is 3. The van der Waals surface area contributed by atoms with Gasteiger partial charge in [-0.3, -0.25) is 0 Å². The molecule has 0 unspecified atom stereocenters. The Morgan fingerprint density at radius 2 is 1.52 bits per heavy atom. The molecule has 0 saturated carbocycles. The van der Waals surface area contributed by atoms with E-state index in [2.05, 4.69) is 85.0 Å². The van der Waals surface area contributed by atoms with Crippen LogP contribution in [0.2, 0.25) is 0 Å². The van der Waals surface area contributed by atoms with E-state index in [9.17, 15) is 0 Å². The molecule has 0 saturated heterocycles. The standard InChI is InChI=1S/C18H19N2.ClH/c1-14-11-15(2)18(16(3)12-14)20-10-9-19(13-20)17-7-5-4-6-8-17;/h4-13H,1-3H3;1H/q+1;/p-1. The van der Waals surface area contributed by atoms with Gasteiger partial charge in [-0.05, 0) is 44.0 Å². The van der Waals surface area contributed by atoms with E-state index >= 15 is 0 Å². The lowest BCUT2D eigenvalue weighted by Crippen LogP contribution is -3.00. The topological polar surface area (TPSA) is 8.81 Å². The minimum absolute atomic E-state index is 0. The van der Waals surface area contributed by atoms with Crippen LogP contribution in [0, 0.1) is 20.8 Å². The van der Waals surface area contributed by atoms with Gasteiger partial charge in [-0.1, -0.05) is 35.9 Å². The van der Waals surface area contributed by atoms with E-state index in [0.29, 0.717) is 0 Å². The molecular formula is C18H19ClN2. The molecule has 21 heavy (non-hydrogen) atoms. The predicted octanol–water partition coefficient (Wildman–Crippen LogP) is 0.683. The van der Waals surface area contributed by atoms with Crippen LogP contribution >= 0.6 is 0 Å². The molecule has 0 fully saturated rings. The number of hydrogen-bond donors (Lipinski definition) is 0. The summed E-state index contributed by atoms with van der Waals surface area (Å²) in [5.41, 5.74) is 6.36. The Hall–Kier alpha value is -2.06. The molecule has 2 aromatic carbocycles. The fourth-order valence-electron chi connectivity index (χ4n) is 2.82. The Labute approximate surface area is 132 Å². The first-order valence-electron chi connectivity index (χ1n) is 6.88.